The lowest BCUT2D eigenvalue weighted by molar-refractivity contribution is -0.122. The number of thiophene rings is 1. The minimum Gasteiger partial charge on any atom is -0.347 e. The second-order valence-corrected chi connectivity index (χ2v) is 6.41. The second kappa shape index (κ2) is 7.36. The Morgan fingerprint density at radius 2 is 2.19 bits per heavy atom. The molecule has 0 aliphatic carbocycles. The van der Waals surface area contributed by atoms with Gasteiger partial charge in [-0.3, -0.25) is 9.78 Å². The van der Waals surface area contributed by atoms with E-state index in [9.17, 15) is 4.79 Å². The summed E-state index contributed by atoms with van der Waals surface area (Å²) in [5.41, 5.74) is 3.32. The van der Waals surface area contributed by atoms with Crippen molar-refractivity contribution in [2.24, 2.45) is 5.92 Å². The third-order valence-electron chi connectivity index (χ3n) is 3.55. The lowest BCUT2D eigenvalue weighted by Crippen LogP contribution is -2.33. The molecule has 1 N–H and O–H groups in total. The van der Waals surface area contributed by atoms with Crippen LogP contribution in [0.5, 0.6) is 0 Å². The van der Waals surface area contributed by atoms with Crippen LogP contribution >= 0.6 is 11.3 Å². The molecule has 0 bridgehead atoms. The highest BCUT2D eigenvalue weighted by molar-refractivity contribution is 7.07. The molecule has 4 heteroatoms. The van der Waals surface area contributed by atoms with Crippen LogP contribution in [0.15, 0.2) is 35.2 Å². The Morgan fingerprint density at radius 1 is 1.38 bits per heavy atom. The number of hydrogen-bond donors (Lipinski definition) is 1. The van der Waals surface area contributed by atoms with Crippen molar-refractivity contribution in [3.8, 4) is 0 Å². The summed E-state index contributed by atoms with van der Waals surface area (Å²) in [4.78, 5) is 16.7. The van der Waals surface area contributed by atoms with Crippen molar-refractivity contribution in [3.05, 3.63) is 52.0 Å². The number of hydrogen-bond acceptors (Lipinski definition) is 3. The van der Waals surface area contributed by atoms with Crippen molar-refractivity contribution in [1.82, 2.24) is 10.3 Å². The number of nitrogens with zero attached hydrogens (tertiary/aromatic N) is 1. The van der Waals surface area contributed by atoms with Crippen molar-refractivity contribution in [2.75, 3.05) is 0 Å². The van der Waals surface area contributed by atoms with Crippen molar-refractivity contribution in [1.29, 1.82) is 0 Å². The Hall–Kier alpha value is -1.68. The van der Waals surface area contributed by atoms with Gasteiger partial charge in [-0.2, -0.15) is 11.3 Å². The number of rotatable bonds is 6. The Bertz CT molecular complexity index is 578. The summed E-state index contributed by atoms with van der Waals surface area (Å²) in [5, 5.41) is 7.27. The summed E-state index contributed by atoms with van der Waals surface area (Å²) in [6, 6.07) is 6.01. The summed E-state index contributed by atoms with van der Waals surface area (Å²) in [7, 11) is 0. The predicted octanol–water partition coefficient (Wildman–Crippen LogP) is 3.90. The van der Waals surface area contributed by atoms with E-state index in [4.69, 9.17) is 0 Å². The Morgan fingerprint density at radius 3 is 2.81 bits per heavy atom. The Balaban J connectivity index is 2.00. The molecule has 0 aliphatic rings. The van der Waals surface area contributed by atoms with E-state index in [1.54, 1.807) is 17.5 Å². The van der Waals surface area contributed by atoms with Gasteiger partial charge in [0.25, 0.3) is 0 Å². The number of aromatic nitrogens is 1. The molecule has 0 aliphatic heterocycles. The van der Waals surface area contributed by atoms with Gasteiger partial charge in [0, 0.05) is 12.6 Å². The first-order chi connectivity index (χ1) is 10.1. The Labute approximate surface area is 130 Å². The van der Waals surface area contributed by atoms with Gasteiger partial charge in [0.1, 0.15) is 0 Å². The summed E-state index contributed by atoms with van der Waals surface area (Å²) in [6.07, 6.45) is 3.10. The lowest BCUT2D eigenvalue weighted by Gasteiger charge is -2.23. The molecule has 2 aromatic heterocycles. The van der Waals surface area contributed by atoms with Crippen LogP contribution in [0.4, 0.5) is 0 Å². The van der Waals surface area contributed by atoms with Crippen LogP contribution in [0, 0.1) is 12.8 Å². The summed E-state index contributed by atoms with van der Waals surface area (Å²) in [6.45, 7) is 6.26. The SMILES string of the molecule is Cc1cccnc1[C@H](NC(=O)CCc1ccsc1)C(C)C. The average Bonchev–Trinajstić information content (AvgIpc) is 2.96. The normalized spacial score (nSPS) is 12.4. The number of pyridine rings is 1. The zero-order valence-corrected chi connectivity index (χ0v) is 13.6. The second-order valence-electron chi connectivity index (χ2n) is 5.63. The lowest BCUT2D eigenvalue weighted by atomic mass is 9.97. The molecule has 1 amide bonds. The fraction of sp³-hybridized carbons (Fsp3) is 0.412. The largest absolute Gasteiger partial charge is 0.347 e. The Kier molecular flexibility index (Phi) is 5.51. The minimum atomic E-state index is -0.0267. The van der Waals surface area contributed by atoms with E-state index < -0.39 is 0 Å². The van der Waals surface area contributed by atoms with Gasteiger partial charge in [0.05, 0.1) is 11.7 Å². The predicted molar refractivity (Wildman–Crippen MR) is 87.3 cm³/mol. The molecule has 0 radical (unpaired) electrons. The first-order valence-corrected chi connectivity index (χ1v) is 8.24. The number of carbonyl (C=O) groups is 1. The smallest absolute Gasteiger partial charge is 0.220 e. The van der Waals surface area contributed by atoms with Crippen LogP contribution in [0.25, 0.3) is 0 Å². The molecule has 0 saturated carbocycles. The quantitative estimate of drug-likeness (QED) is 0.879. The first kappa shape index (κ1) is 15.7. The molecule has 2 aromatic rings. The van der Waals surface area contributed by atoms with E-state index in [0.717, 1.165) is 17.7 Å². The van der Waals surface area contributed by atoms with Gasteiger partial charge in [0.2, 0.25) is 5.91 Å². The monoisotopic (exact) mass is 302 g/mol. The van der Waals surface area contributed by atoms with E-state index >= 15 is 0 Å². The maximum atomic E-state index is 12.2. The number of carbonyl (C=O) groups excluding carboxylic acids is 1. The highest BCUT2D eigenvalue weighted by Crippen LogP contribution is 2.22. The van der Waals surface area contributed by atoms with Crippen molar-refractivity contribution < 1.29 is 4.79 Å². The third-order valence-corrected chi connectivity index (χ3v) is 4.28. The third kappa shape index (κ3) is 4.39. The molecule has 0 spiro atoms. The summed E-state index contributed by atoms with van der Waals surface area (Å²) < 4.78 is 0. The molecule has 112 valence electrons. The van der Waals surface area contributed by atoms with E-state index in [2.05, 4.69) is 35.6 Å². The first-order valence-electron chi connectivity index (χ1n) is 7.30. The number of aryl methyl sites for hydroxylation is 2. The molecule has 2 rings (SSSR count). The highest BCUT2D eigenvalue weighted by Gasteiger charge is 2.20. The van der Waals surface area contributed by atoms with Crippen LogP contribution in [0.1, 0.15) is 43.1 Å². The van der Waals surface area contributed by atoms with Crippen LogP contribution in [-0.2, 0) is 11.2 Å². The molecule has 0 aromatic carbocycles. The molecule has 21 heavy (non-hydrogen) atoms. The minimum absolute atomic E-state index is 0.0267. The molecule has 0 saturated heterocycles. The maximum absolute atomic E-state index is 12.2. The fourth-order valence-electron chi connectivity index (χ4n) is 2.31. The maximum Gasteiger partial charge on any atom is 0.220 e. The molecular formula is C17H22N2OS. The standard InChI is InChI=1S/C17H22N2OS/c1-12(2)16(17-13(3)5-4-9-18-17)19-15(20)7-6-14-8-10-21-11-14/h4-5,8-12,16H,6-7H2,1-3H3,(H,19,20)/t16-/m1/s1. The zero-order chi connectivity index (χ0) is 15.2. The van der Waals surface area contributed by atoms with E-state index in [-0.39, 0.29) is 11.9 Å². The van der Waals surface area contributed by atoms with Gasteiger partial charge in [-0.05, 0) is 53.3 Å². The van der Waals surface area contributed by atoms with Gasteiger partial charge in [-0.1, -0.05) is 19.9 Å². The van der Waals surface area contributed by atoms with Gasteiger partial charge in [-0.25, -0.2) is 0 Å². The van der Waals surface area contributed by atoms with E-state index in [0.29, 0.717) is 12.3 Å². The van der Waals surface area contributed by atoms with E-state index in [1.807, 2.05) is 24.4 Å². The van der Waals surface area contributed by atoms with Gasteiger partial charge in [-0.15, -0.1) is 0 Å². The summed E-state index contributed by atoms with van der Waals surface area (Å²) in [5.74, 6) is 0.397. The summed E-state index contributed by atoms with van der Waals surface area (Å²) >= 11 is 1.67. The number of nitrogens with one attached hydrogen (secondary N) is 1. The molecule has 3 nitrogen and oxygen atoms in total. The van der Waals surface area contributed by atoms with Crippen molar-refractivity contribution in [2.45, 2.75) is 39.7 Å². The van der Waals surface area contributed by atoms with Gasteiger partial charge < -0.3 is 5.32 Å². The molecule has 0 fully saturated rings. The number of amides is 1. The topological polar surface area (TPSA) is 42.0 Å². The van der Waals surface area contributed by atoms with Crippen LogP contribution < -0.4 is 5.32 Å². The molecule has 0 unspecified atom stereocenters. The van der Waals surface area contributed by atoms with E-state index in [1.165, 1.54) is 5.56 Å². The van der Waals surface area contributed by atoms with Crippen LogP contribution in [0.2, 0.25) is 0 Å². The van der Waals surface area contributed by atoms with Crippen molar-refractivity contribution >= 4 is 17.2 Å². The zero-order valence-electron chi connectivity index (χ0n) is 12.8. The highest BCUT2D eigenvalue weighted by atomic mass is 32.1. The van der Waals surface area contributed by atoms with Crippen molar-refractivity contribution in [3.63, 3.8) is 0 Å². The average molecular weight is 302 g/mol. The van der Waals surface area contributed by atoms with Gasteiger partial charge >= 0.3 is 0 Å². The van der Waals surface area contributed by atoms with Crippen LogP contribution in [-0.4, -0.2) is 10.9 Å². The molecular weight excluding hydrogens is 280 g/mol. The van der Waals surface area contributed by atoms with Crippen LogP contribution in [0.3, 0.4) is 0 Å². The van der Waals surface area contributed by atoms with Gasteiger partial charge in [0.15, 0.2) is 0 Å². The fourth-order valence-corrected chi connectivity index (χ4v) is 3.02. The molecule has 1 atom stereocenters. The molecule has 2 heterocycles.